The summed E-state index contributed by atoms with van der Waals surface area (Å²) in [5.41, 5.74) is 1.86. The van der Waals surface area contributed by atoms with Crippen LogP contribution < -0.4 is 0 Å². The Morgan fingerprint density at radius 1 is 0.696 bits per heavy atom. The van der Waals surface area contributed by atoms with Gasteiger partial charge in [-0.05, 0) is 30.2 Å². The number of hydrogen-bond donors (Lipinski definition) is 0. The number of aryl methyl sites for hydroxylation is 1. The molecule has 0 aliphatic rings. The molecule has 0 bridgehead atoms. The molecule has 0 unspecified atom stereocenters. The molecule has 0 saturated carbocycles. The SMILES string of the molecule is CC.CC.CC.Cc1ccccc1CS(=O)(=O)c1ccccc1. The smallest absolute Gasteiger partial charge is 0.182 e. The summed E-state index contributed by atoms with van der Waals surface area (Å²) in [7, 11) is -3.24. The zero-order chi connectivity index (χ0) is 18.3. The van der Waals surface area contributed by atoms with E-state index < -0.39 is 9.84 Å². The van der Waals surface area contributed by atoms with E-state index in [9.17, 15) is 8.42 Å². The van der Waals surface area contributed by atoms with Crippen molar-refractivity contribution >= 4 is 9.84 Å². The van der Waals surface area contributed by atoms with Gasteiger partial charge in [-0.15, -0.1) is 0 Å². The Morgan fingerprint density at radius 2 is 1.13 bits per heavy atom. The summed E-state index contributed by atoms with van der Waals surface area (Å²) in [5, 5.41) is 0. The minimum Gasteiger partial charge on any atom is -0.223 e. The Bertz CT molecular complexity index is 603. The molecule has 2 rings (SSSR count). The second-order valence-electron chi connectivity index (χ2n) is 4.00. The first-order valence-corrected chi connectivity index (χ1v) is 10.1. The molecule has 0 aromatic heterocycles. The quantitative estimate of drug-likeness (QED) is 0.684. The fourth-order valence-electron chi connectivity index (χ4n) is 1.69. The van der Waals surface area contributed by atoms with E-state index in [0.29, 0.717) is 4.90 Å². The molecule has 0 aliphatic heterocycles. The van der Waals surface area contributed by atoms with Gasteiger partial charge in [0.1, 0.15) is 0 Å². The molecule has 0 N–H and O–H groups in total. The summed E-state index contributed by atoms with van der Waals surface area (Å²) in [6, 6.07) is 16.1. The minimum absolute atomic E-state index is 0.0592. The molecule has 3 heteroatoms. The minimum atomic E-state index is -3.24. The lowest BCUT2D eigenvalue weighted by molar-refractivity contribution is 0.595. The zero-order valence-electron chi connectivity index (χ0n) is 15.6. The molecule has 0 amide bonds. The standard InChI is InChI=1S/C14H14O2S.3C2H6/c1-12-7-5-6-8-13(12)11-17(15,16)14-9-3-2-4-10-14;3*1-2/h2-10H,11H2,1H3;3*1-2H3. The van der Waals surface area contributed by atoms with Crippen molar-refractivity contribution in [1.82, 2.24) is 0 Å². The summed E-state index contributed by atoms with van der Waals surface area (Å²) in [5.74, 6) is 0.0592. The molecule has 0 heterocycles. The molecular formula is C20H32O2S. The van der Waals surface area contributed by atoms with Gasteiger partial charge in [-0.25, -0.2) is 8.42 Å². The fourth-order valence-corrected chi connectivity index (χ4v) is 3.16. The molecule has 0 fully saturated rings. The van der Waals surface area contributed by atoms with Crippen LogP contribution in [0.5, 0.6) is 0 Å². The highest BCUT2D eigenvalue weighted by Crippen LogP contribution is 2.18. The molecule has 0 spiro atoms. The Morgan fingerprint density at radius 3 is 1.61 bits per heavy atom. The van der Waals surface area contributed by atoms with Gasteiger partial charge in [-0.1, -0.05) is 84.0 Å². The van der Waals surface area contributed by atoms with Crippen molar-refractivity contribution in [1.29, 1.82) is 0 Å². The maximum Gasteiger partial charge on any atom is 0.182 e. The number of sulfone groups is 1. The Hall–Kier alpha value is -1.61. The summed E-state index contributed by atoms with van der Waals surface area (Å²) < 4.78 is 24.3. The van der Waals surface area contributed by atoms with Crippen LogP contribution in [0.25, 0.3) is 0 Å². The summed E-state index contributed by atoms with van der Waals surface area (Å²) in [6.45, 7) is 13.9. The molecule has 0 radical (unpaired) electrons. The molecule has 23 heavy (non-hydrogen) atoms. The van der Waals surface area contributed by atoms with Crippen molar-refractivity contribution in [3.8, 4) is 0 Å². The van der Waals surface area contributed by atoms with Crippen molar-refractivity contribution in [2.45, 2.75) is 59.1 Å². The van der Waals surface area contributed by atoms with Crippen LogP contribution in [0.2, 0.25) is 0 Å². The van der Waals surface area contributed by atoms with Gasteiger partial charge in [0.05, 0.1) is 10.6 Å². The van der Waals surface area contributed by atoms with Crippen LogP contribution in [-0.4, -0.2) is 8.42 Å². The third kappa shape index (κ3) is 8.56. The van der Waals surface area contributed by atoms with Crippen LogP contribution in [0.1, 0.15) is 52.7 Å². The van der Waals surface area contributed by atoms with Gasteiger partial charge in [0.25, 0.3) is 0 Å². The number of hydrogen-bond acceptors (Lipinski definition) is 2. The van der Waals surface area contributed by atoms with Crippen LogP contribution in [0.4, 0.5) is 0 Å². The Kier molecular flexibility index (Phi) is 14.4. The average Bonchev–Trinajstić information content (AvgIpc) is 2.63. The molecular weight excluding hydrogens is 304 g/mol. The molecule has 2 aromatic carbocycles. The summed E-state index contributed by atoms with van der Waals surface area (Å²) >= 11 is 0. The largest absolute Gasteiger partial charge is 0.223 e. The molecule has 130 valence electrons. The van der Waals surface area contributed by atoms with Crippen LogP contribution in [0.15, 0.2) is 59.5 Å². The lowest BCUT2D eigenvalue weighted by Crippen LogP contribution is -2.05. The highest BCUT2D eigenvalue weighted by atomic mass is 32.2. The zero-order valence-corrected chi connectivity index (χ0v) is 16.4. The van der Waals surface area contributed by atoms with Crippen LogP contribution in [0.3, 0.4) is 0 Å². The third-order valence-corrected chi connectivity index (χ3v) is 4.39. The van der Waals surface area contributed by atoms with Gasteiger partial charge in [0.15, 0.2) is 9.84 Å². The maximum absolute atomic E-state index is 12.2. The van der Waals surface area contributed by atoms with Crippen molar-refractivity contribution in [3.63, 3.8) is 0 Å². The van der Waals surface area contributed by atoms with Crippen molar-refractivity contribution in [3.05, 3.63) is 65.7 Å². The van der Waals surface area contributed by atoms with Crippen molar-refractivity contribution in [2.24, 2.45) is 0 Å². The monoisotopic (exact) mass is 336 g/mol. The summed E-state index contributed by atoms with van der Waals surface area (Å²) in [6.07, 6.45) is 0. The fraction of sp³-hybridized carbons (Fsp3) is 0.400. The van der Waals surface area contributed by atoms with E-state index in [2.05, 4.69) is 0 Å². The van der Waals surface area contributed by atoms with Crippen LogP contribution in [-0.2, 0) is 15.6 Å². The van der Waals surface area contributed by atoms with Gasteiger partial charge >= 0.3 is 0 Å². The van der Waals surface area contributed by atoms with E-state index in [4.69, 9.17) is 0 Å². The van der Waals surface area contributed by atoms with E-state index in [1.54, 1.807) is 24.3 Å². The maximum atomic E-state index is 12.2. The first-order valence-electron chi connectivity index (χ1n) is 8.42. The third-order valence-electron chi connectivity index (χ3n) is 2.71. The van der Waals surface area contributed by atoms with E-state index in [0.717, 1.165) is 11.1 Å². The first-order chi connectivity index (χ1) is 11.1. The topological polar surface area (TPSA) is 34.1 Å². The van der Waals surface area contributed by atoms with E-state index >= 15 is 0 Å². The van der Waals surface area contributed by atoms with Gasteiger partial charge in [-0.3, -0.25) is 0 Å². The average molecular weight is 337 g/mol. The summed E-state index contributed by atoms with van der Waals surface area (Å²) in [4.78, 5) is 0.378. The highest BCUT2D eigenvalue weighted by molar-refractivity contribution is 7.90. The molecule has 0 aliphatic carbocycles. The second kappa shape index (κ2) is 14.0. The predicted molar refractivity (Wildman–Crippen MR) is 103 cm³/mol. The highest BCUT2D eigenvalue weighted by Gasteiger charge is 2.15. The molecule has 2 aromatic rings. The van der Waals surface area contributed by atoms with E-state index in [1.165, 1.54) is 0 Å². The van der Waals surface area contributed by atoms with Crippen LogP contribution >= 0.6 is 0 Å². The van der Waals surface area contributed by atoms with Crippen molar-refractivity contribution in [2.75, 3.05) is 0 Å². The van der Waals surface area contributed by atoms with Gasteiger partial charge in [-0.2, -0.15) is 0 Å². The molecule has 0 saturated heterocycles. The Balaban J connectivity index is 0. The normalized spacial score (nSPS) is 9.17. The molecule has 2 nitrogen and oxygen atoms in total. The van der Waals surface area contributed by atoms with Crippen molar-refractivity contribution < 1.29 is 8.42 Å². The number of benzene rings is 2. The lowest BCUT2D eigenvalue weighted by Gasteiger charge is -2.07. The van der Waals surface area contributed by atoms with E-state index in [-0.39, 0.29) is 5.75 Å². The van der Waals surface area contributed by atoms with E-state index in [1.807, 2.05) is 78.8 Å². The first kappa shape index (κ1) is 23.7. The van der Waals surface area contributed by atoms with Crippen LogP contribution in [0, 0.1) is 6.92 Å². The van der Waals surface area contributed by atoms with Gasteiger partial charge in [0.2, 0.25) is 0 Å². The van der Waals surface area contributed by atoms with Gasteiger partial charge < -0.3 is 0 Å². The molecule has 0 atom stereocenters. The Labute approximate surface area is 143 Å². The predicted octanol–water partition coefficient (Wildman–Crippen LogP) is 6.05. The number of rotatable bonds is 3. The van der Waals surface area contributed by atoms with Gasteiger partial charge in [0, 0.05) is 0 Å². The second-order valence-corrected chi connectivity index (χ2v) is 5.99. The lowest BCUT2D eigenvalue weighted by atomic mass is 10.1.